The summed E-state index contributed by atoms with van der Waals surface area (Å²) in [6.07, 6.45) is -5.27. The first kappa shape index (κ1) is 18.0. The number of carbonyl (C=O) groups is 1. The number of amides is 1. The van der Waals surface area contributed by atoms with Crippen LogP contribution in [-0.4, -0.2) is 55.7 Å². The Kier molecular flexibility index (Phi) is 4.70. The summed E-state index contributed by atoms with van der Waals surface area (Å²) in [5, 5.41) is 0. The molecule has 0 N–H and O–H groups in total. The third-order valence-electron chi connectivity index (χ3n) is 5.34. The van der Waals surface area contributed by atoms with E-state index in [9.17, 15) is 18.0 Å². The van der Waals surface area contributed by atoms with Gasteiger partial charge in [0.25, 0.3) is 0 Å². The summed E-state index contributed by atoms with van der Waals surface area (Å²) >= 11 is 0. The van der Waals surface area contributed by atoms with Crippen LogP contribution in [0.5, 0.6) is 0 Å². The van der Waals surface area contributed by atoms with Gasteiger partial charge in [0.1, 0.15) is 6.42 Å². The van der Waals surface area contributed by atoms with Crippen molar-refractivity contribution in [3.8, 4) is 0 Å². The van der Waals surface area contributed by atoms with E-state index in [0.29, 0.717) is 30.7 Å². The lowest BCUT2D eigenvalue weighted by Crippen LogP contribution is -2.55. The average Bonchev–Trinajstić information content (AvgIpc) is 2.93. The second-order valence-electron chi connectivity index (χ2n) is 7.17. The van der Waals surface area contributed by atoms with Gasteiger partial charge in [0, 0.05) is 43.1 Å². The number of hydrogen-bond donors (Lipinski definition) is 0. The Morgan fingerprint density at radius 1 is 1.20 bits per heavy atom. The smallest absolute Gasteiger partial charge is 0.368 e. The third-order valence-corrected chi connectivity index (χ3v) is 5.34. The molecule has 0 aromatic heterocycles. The molecule has 0 aliphatic carbocycles. The molecule has 1 aromatic carbocycles. The monoisotopic (exact) mass is 355 g/mol. The van der Waals surface area contributed by atoms with Crippen LogP contribution in [0.3, 0.4) is 0 Å². The first-order chi connectivity index (χ1) is 11.7. The maximum atomic E-state index is 12.6. The van der Waals surface area contributed by atoms with E-state index in [4.69, 9.17) is 0 Å². The minimum absolute atomic E-state index is 0.323. The molecule has 3 rings (SSSR count). The summed E-state index contributed by atoms with van der Waals surface area (Å²) in [6, 6.07) is 6.61. The summed E-state index contributed by atoms with van der Waals surface area (Å²) < 4.78 is 37.7. The van der Waals surface area contributed by atoms with E-state index in [1.807, 2.05) is 18.2 Å². The molecule has 1 saturated heterocycles. The van der Waals surface area contributed by atoms with Crippen LogP contribution < -0.4 is 9.80 Å². The number of benzene rings is 1. The molecule has 0 bridgehead atoms. The first-order valence-electron chi connectivity index (χ1n) is 8.62. The molecular formula is C18H24F3N3O. The Bertz CT molecular complexity index is 649. The molecule has 1 aromatic rings. The normalized spacial score (nSPS) is 24.6. The minimum Gasteiger partial charge on any atom is -0.368 e. The zero-order chi connectivity index (χ0) is 18.4. The standard InChI is InChI=1S/C18H24F3N3O/c1-12-10-23(11-13(2)22(12)3)15-5-4-14-6-7-24(16(14)8-15)17(25)9-18(19,20)21/h4-5,8,12-13H,6-7,9-11H2,1-3H3. The number of nitrogens with zero attached hydrogens (tertiary/aromatic N) is 3. The number of piperazine rings is 1. The molecule has 138 valence electrons. The molecule has 0 saturated carbocycles. The van der Waals surface area contributed by atoms with Gasteiger partial charge in [-0.2, -0.15) is 13.2 Å². The van der Waals surface area contributed by atoms with E-state index >= 15 is 0 Å². The van der Waals surface area contributed by atoms with Gasteiger partial charge in [-0.15, -0.1) is 0 Å². The molecule has 2 aliphatic heterocycles. The number of hydrogen-bond acceptors (Lipinski definition) is 3. The van der Waals surface area contributed by atoms with Gasteiger partial charge in [-0.3, -0.25) is 9.69 Å². The number of alkyl halides is 3. The van der Waals surface area contributed by atoms with Gasteiger partial charge < -0.3 is 9.80 Å². The highest BCUT2D eigenvalue weighted by molar-refractivity contribution is 5.96. The predicted octanol–water partition coefficient (Wildman–Crippen LogP) is 3.06. The van der Waals surface area contributed by atoms with Crippen molar-refractivity contribution in [2.75, 3.05) is 36.5 Å². The minimum atomic E-state index is -4.47. The van der Waals surface area contributed by atoms with E-state index < -0.39 is 18.5 Å². The van der Waals surface area contributed by atoms with Gasteiger partial charge in [-0.05, 0) is 45.0 Å². The maximum Gasteiger partial charge on any atom is 0.397 e. The Balaban J connectivity index is 1.82. The number of fused-ring (bicyclic) bond motifs is 1. The van der Waals surface area contributed by atoms with Crippen LogP contribution in [0.2, 0.25) is 0 Å². The van der Waals surface area contributed by atoms with Crippen LogP contribution in [0.25, 0.3) is 0 Å². The highest BCUT2D eigenvalue weighted by atomic mass is 19.4. The summed E-state index contributed by atoms with van der Waals surface area (Å²) in [5.74, 6) is -0.872. The molecule has 2 heterocycles. The molecule has 0 radical (unpaired) electrons. The van der Waals surface area contributed by atoms with Crippen molar-refractivity contribution < 1.29 is 18.0 Å². The van der Waals surface area contributed by atoms with Crippen LogP contribution in [0, 0.1) is 0 Å². The summed E-state index contributed by atoms with van der Waals surface area (Å²) in [6.45, 7) is 6.36. The quantitative estimate of drug-likeness (QED) is 0.816. The fourth-order valence-electron chi connectivity index (χ4n) is 3.71. The number of anilines is 2. The van der Waals surface area contributed by atoms with Crippen molar-refractivity contribution in [1.29, 1.82) is 0 Å². The van der Waals surface area contributed by atoms with Crippen LogP contribution in [0.1, 0.15) is 25.8 Å². The molecule has 0 spiro atoms. The van der Waals surface area contributed by atoms with Crippen LogP contribution in [0.15, 0.2) is 18.2 Å². The van der Waals surface area contributed by atoms with Crippen molar-refractivity contribution in [2.24, 2.45) is 0 Å². The van der Waals surface area contributed by atoms with Crippen molar-refractivity contribution in [1.82, 2.24) is 4.90 Å². The van der Waals surface area contributed by atoms with E-state index in [2.05, 4.69) is 30.7 Å². The van der Waals surface area contributed by atoms with Crippen LogP contribution in [-0.2, 0) is 11.2 Å². The molecule has 1 fully saturated rings. The highest BCUT2D eigenvalue weighted by Crippen LogP contribution is 2.35. The second kappa shape index (κ2) is 6.52. The lowest BCUT2D eigenvalue weighted by atomic mass is 10.1. The topological polar surface area (TPSA) is 26.8 Å². The predicted molar refractivity (Wildman–Crippen MR) is 92.1 cm³/mol. The van der Waals surface area contributed by atoms with Crippen LogP contribution >= 0.6 is 0 Å². The third kappa shape index (κ3) is 3.76. The number of carbonyl (C=O) groups excluding carboxylic acids is 1. The maximum absolute atomic E-state index is 12.6. The Morgan fingerprint density at radius 3 is 2.44 bits per heavy atom. The average molecular weight is 355 g/mol. The molecule has 2 atom stereocenters. The van der Waals surface area contributed by atoms with Crippen molar-refractivity contribution in [3.05, 3.63) is 23.8 Å². The van der Waals surface area contributed by atoms with Gasteiger partial charge in [0.2, 0.25) is 5.91 Å². The zero-order valence-corrected chi connectivity index (χ0v) is 14.8. The zero-order valence-electron chi connectivity index (χ0n) is 14.8. The van der Waals surface area contributed by atoms with E-state index in [-0.39, 0.29) is 0 Å². The molecule has 1 amide bonds. The lowest BCUT2D eigenvalue weighted by molar-refractivity contribution is -0.151. The molecule has 2 aliphatic rings. The van der Waals surface area contributed by atoms with Crippen LogP contribution in [0.4, 0.5) is 24.5 Å². The largest absolute Gasteiger partial charge is 0.397 e. The summed E-state index contributed by atoms with van der Waals surface area (Å²) in [5.41, 5.74) is 2.54. The van der Waals surface area contributed by atoms with Crippen molar-refractivity contribution >= 4 is 17.3 Å². The summed E-state index contributed by atoms with van der Waals surface area (Å²) in [4.78, 5) is 17.9. The highest BCUT2D eigenvalue weighted by Gasteiger charge is 2.36. The van der Waals surface area contributed by atoms with Gasteiger partial charge in [-0.1, -0.05) is 6.07 Å². The number of likely N-dealkylation sites (N-methyl/N-ethyl adjacent to an activating group) is 1. The second-order valence-corrected chi connectivity index (χ2v) is 7.17. The van der Waals surface area contributed by atoms with Gasteiger partial charge >= 0.3 is 6.18 Å². The Morgan fingerprint density at radius 2 is 1.84 bits per heavy atom. The van der Waals surface area contributed by atoms with Crippen molar-refractivity contribution in [3.63, 3.8) is 0 Å². The summed E-state index contributed by atoms with van der Waals surface area (Å²) in [7, 11) is 2.10. The fourth-order valence-corrected chi connectivity index (χ4v) is 3.71. The fraction of sp³-hybridized carbons (Fsp3) is 0.611. The SMILES string of the molecule is CC1CN(c2ccc3c(c2)N(C(=O)CC(F)(F)F)CC3)CC(C)N1C. The molecule has 7 heteroatoms. The van der Waals surface area contributed by atoms with Gasteiger partial charge in [-0.25, -0.2) is 0 Å². The van der Waals surface area contributed by atoms with Gasteiger partial charge in [0.15, 0.2) is 0 Å². The molecule has 2 unspecified atom stereocenters. The van der Waals surface area contributed by atoms with E-state index in [1.54, 1.807) is 0 Å². The lowest BCUT2D eigenvalue weighted by Gasteiger charge is -2.43. The molecular weight excluding hydrogens is 331 g/mol. The number of halogens is 3. The Hall–Kier alpha value is -1.76. The van der Waals surface area contributed by atoms with Gasteiger partial charge in [0.05, 0.1) is 0 Å². The van der Waals surface area contributed by atoms with E-state index in [1.165, 1.54) is 4.90 Å². The first-order valence-corrected chi connectivity index (χ1v) is 8.62. The van der Waals surface area contributed by atoms with E-state index in [0.717, 1.165) is 24.3 Å². The molecule has 4 nitrogen and oxygen atoms in total. The van der Waals surface area contributed by atoms with Crippen molar-refractivity contribution in [2.45, 2.75) is 44.9 Å². The number of rotatable bonds is 2. The Labute approximate surface area is 146 Å². The molecule has 25 heavy (non-hydrogen) atoms.